The molecule has 6 heavy (non-hydrogen) atoms. The fourth-order valence-corrected chi connectivity index (χ4v) is 0. The van der Waals surface area contributed by atoms with Gasteiger partial charge in [-0.05, 0) is 0 Å². The predicted octanol–water partition coefficient (Wildman–Crippen LogP) is 1.41. The van der Waals surface area contributed by atoms with Crippen LogP contribution in [0.4, 0.5) is 17.3 Å². The van der Waals surface area contributed by atoms with E-state index in [1.54, 1.807) is 0 Å². The molecule has 0 unspecified atom stereocenters. The van der Waals surface area contributed by atoms with Crippen molar-refractivity contribution in [3.8, 4) is 0 Å². The minimum Gasteiger partial charge on any atom is -0.418 e. The van der Waals surface area contributed by atoms with Crippen LogP contribution in [0.15, 0.2) is 0 Å². The van der Waals surface area contributed by atoms with Crippen LogP contribution in [0, 0.1) is 35.6 Å². The van der Waals surface area contributed by atoms with Gasteiger partial charge in [-0.2, -0.15) is 0 Å². The van der Waals surface area contributed by atoms with Crippen molar-refractivity contribution < 1.29 is 54.3 Å². The van der Waals surface area contributed by atoms with E-state index in [0.29, 0.717) is 0 Å². The number of hydrogen-bond donors (Lipinski definition) is 0. The predicted molar refractivity (Wildman–Crippen MR) is 11.3 cm³/mol. The molecular weight excluding hydrogens is 226 g/mol. The molecule has 0 atom stereocenters. The third-order valence-corrected chi connectivity index (χ3v) is 0. The molecule has 35 valence electrons. The van der Waals surface area contributed by atoms with Gasteiger partial charge in [0, 0.05) is 35.6 Å². The summed E-state index contributed by atoms with van der Waals surface area (Å²) in [5, 5.41) is 0. The third-order valence-electron chi connectivity index (χ3n) is 0. The van der Waals surface area contributed by atoms with Gasteiger partial charge in [-0.15, -0.1) is 0 Å². The van der Waals surface area contributed by atoms with Crippen LogP contribution in [-0.2, 0) is 0 Å². The first-order valence-electron chi connectivity index (χ1n) is 0.873. The number of hydrogen-bond acceptors (Lipinski definition) is 0. The normalized spacial score (nSPS) is 10.0. The van der Waals surface area contributed by atoms with Crippen LogP contribution in [0.1, 0.15) is 1.43 Å². The maximum absolute atomic E-state index is 9.75. The molecule has 0 aliphatic carbocycles. The fraction of sp³-hybridized carbons (Fsp3) is 0. The quantitative estimate of drug-likeness (QED) is 0.433. The van der Waals surface area contributed by atoms with Crippen LogP contribution < -0.4 is 0 Å². The maximum Gasteiger partial charge on any atom is 1.00 e. The molecule has 0 N–H and O–H groups in total. The van der Waals surface area contributed by atoms with Crippen LogP contribution in [0.2, 0.25) is 0 Å². The van der Waals surface area contributed by atoms with Crippen LogP contribution in [-0.4, -0.2) is 7.25 Å². The van der Waals surface area contributed by atoms with Crippen molar-refractivity contribution in [1.82, 2.24) is 0 Å². The summed E-state index contributed by atoms with van der Waals surface area (Å²) in [5.41, 5.74) is 0. The standard InChI is InChI=1S/BF4.La/c2-1(3,4)5;/q-1;/p+1. The molecule has 0 aromatic heterocycles. The molecule has 0 saturated carbocycles. The summed E-state index contributed by atoms with van der Waals surface area (Å²) in [6.45, 7) is 0. The summed E-state index contributed by atoms with van der Waals surface area (Å²) >= 11 is 0. The first-order valence-corrected chi connectivity index (χ1v) is 0.873. The first kappa shape index (κ1) is 10.1. The molecular formula is HBF4La. The Labute approximate surface area is 61.5 Å². The smallest absolute Gasteiger partial charge is 0.418 e. The molecule has 0 amide bonds. The summed E-state index contributed by atoms with van der Waals surface area (Å²) in [5.74, 6) is 0. The van der Waals surface area contributed by atoms with E-state index in [9.17, 15) is 17.3 Å². The third kappa shape index (κ3) is 82.2. The van der Waals surface area contributed by atoms with Crippen LogP contribution in [0.5, 0.6) is 0 Å². The van der Waals surface area contributed by atoms with E-state index in [1.807, 2.05) is 0 Å². The number of rotatable bonds is 0. The topological polar surface area (TPSA) is 0 Å². The van der Waals surface area contributed by atoms with Crippen LogP contribution in [0.25, 0.3) is 0 Å². The Morgan fingerprint density at radius 1 is 1.00 bits per heavy atom. The summed E-state index contributed by atoms with van der Waals surface area (Å²) in [7, 11) is -6.00. The minimum atomic E-state index is -6.00. The molecule has 1 radical (unpaired) electrons. The zero-order valence-corrected chi connectivity index (χ0v) is 6.29. The summed E-state index contributed by atoms with van der Waals surface area (Å²) in [4.78, 5) is 0. The molecule has 0 nitrogen and oxygen atoms in total. The second-order valence-corrected chi connectivity index (χ2v) is 0.495. The zero-order chi connectivity index (χ0) is 4.50. The monoisotopic (exact) mass is 227 g/mol. The van der Waals surface area contributed by atoms with E-state index in [4.69, 9.17) is 0 Å². The van der Waals surface area contributed by atoms with Gasteiger partial charge in [-0.1, -0.05) is 0 Å². The van der Waals surface area contributed by atoms with E-state index < -0.39 is 7.25 Å². The number of halogens is 4. The first-order chi connectivity index (χ1) is 2.00. The SMILES string of the molecule is F[B-](F)(F)F.[H+].[La]. The molecule has 0 aliphatic rings. The molecule has 0 saturated heterocycles. The minimum absolute atomic E-state index is 0. The van der Waals surface area contributed by atoms with E-state index in [-0.39, 0.29) is 37.0 Å². The van der Waals surface area contributed by atoms with Gasteiger partial charge in [0.05, 0.1) is 0 Å². The molecule has 0 bridgehead atoms. The van der Waals surface area contributed by atoms with Crippen molar-refractivity contribution in [2.24, 2.45) is 0 Å². The average Bonchev–Trinajstić information content (AvgIpc) is 0.722. The summed E-state index contributed by atoms with van der Waals surface area (Å²) < 4.78 is 39.0. The second-order valence-electron chi connectivity index (χ2n) is 0.495. The summed E-state index contributed by atoms with van der Waals surface area (Å²) in [6.07, 6.45) is 0. The Kier molecular flexibility index (Phi) is 5.11. The second kappa shape index (κ2) is 3.04. The Bertz CT molecular complexity index is 27.2. The van der Waals surface area contributed by atoms with Crippen molar-refractivity contribution in [3.63, 3.8) is 0 Å². The molecule has 0 spiro atoms. The molecule has 0 rings (SSSR count). The van der Waals surface area contributed by atoms with Gasteiger partial charge in [-0.3, -0.25) is 0 Å². The van der Waals surface area contributed by atoms with Gasteiger partial charge in [0.25, 0.3) is 0 Å². The molecule has 0 fully saturated rings. The van der Waals surface area contributed by atoms with Gasteiger partial charge >= 0.3 is 8.68 Å². The van der Waals surface area contributed by atoms with Gasteiger partial charge in [0.2, 0.25) is 0 Å². The molecule has 0 aliphatic heterocycles. The fourth-order valence-electron chi connectivity index (χ4n) is 0. The zero-order valence-electron chi connectivity index (χ0n) is 3.67. The van der Waals surface area contributed by atoms with Crippen LogP contribution >= 0.6 is 0 Å². The Morgan fingerprint density at radius 2 is 1.00 bits per heavy atom. The van der Waals surface area contributed by atoms with E-state index in [1.165, 1.54) is 0 Å². The van der Waals surface area contributed by atoms with Crippen molar-refractivity contribution >= 4 is 7.25 Å². The Morgan fingerprint density at radius 3 is 1.00 bits per heavy atom. The van der Waals surface area contributed by atoms with E-state index >= 15 is 0 Å². The summed E-state index contributed by atoms with van der Waals surface area (Å²) in [6, 6.07) is 0. The Balaban J connectivity index is -0.0000000800. The maximum atomic E-state index is 9.75. The van der Waals surface area contributed by atoms with Crippen molar-refractivity contribution in [2.75, 3.05) is 0 Å². The van der Waals surface area contributed by atoms with Crippen molar-refractivity contribution in [3.05, 3.63) is 0 Å². The van der Waals surface area contributed by atoms with Crippen molar-refractivity contribution in [2.45, 2.75) is 0 Å². The van der Waals surface area contributed by atoms with E-state index in [2.05, 4.69) is 0 Å². The average molecular weight is 227 g/mol. The van der Waals surface area contributed by atoms with Crippen LogP contribution in [0.3, 0.4) is 0 Å². The van der Waals surface area contributed by atoms with E-state index in [0.717, 1.165) is 0 Å². The molecule has 0 heterocycles. The van der Waals surface area contributed by atoms with Gasteiger partial charge in [0.15, 0.2) is 0 Å². The molecule has 6 heteroatoms. The molecule has 0 aromatic rings. The van der Waals surface area contributed by atoms with Gasteiger partial charge < -0.3 is 17.3 Å². The Hall–Kier alpha value is 0.980. The van der Waals surface area contributed by atoms with Gasteiger partial charge in [-0.25, -0.2) is 0 Å². The van der Waals surface area contributed by atoms with Crippen molar-refractivity contribution in [1.29, 1.82) is 0 Å². The van der Waals surface area contributed by atoms with Gasteiger partial charge in [0.1, 0.15) is 0 Å². The molecule has 0 aromatic carbocycles. The largest absolute Gasteiger partial charge is 1.00 e.